The molecular formula is C13H16N2O. The number of aryl methyl sites for hydroxylation is 1. The molecule has 0 aromatic heterocycles. The van der Waals surface area contributed by atoms with Crippen LogP contribution in [0.5, 0.6) is 0 Å². The van der Waals surface area contributed by atoms with Gasteiger partial charge in [0.15, 0.2) is 0 Å². The average Bonchev–Trinajstić information content (AvgIpc) is 2.29. The summed E-state index contributed by atoms with van der Waals surface area (Å²) in [4.78, 5) is 14.0. The highest BCUT2D eigenvalue weighted by Crippen LogP contribution is 2.16. The van der Waals surface area contributed by atoms with Gasteiger partial charge < -0.3 is 10.6 Å². The summed E-state index contributed by atoms with van der Waals surface area (Å²) in [6.07, 6.45) is 5.09. The minimum Gasteiger partial charge on any atom is -0.399 e. The number of hydrogen-bond donors (Lipinski definition) is 1. The average molecular weight is 216 g/mol. The molecule has 1 aliphatic rings. The third-order valence-corrected chi connectivity index (χ3v) is 2.83. The maximum Gasteiger partial charge on any atom is 0.254 e. The van der Waals surface area contributed by atoms with Crippen LogP contribution < -0.4 is 5.73 Å². The van der Waals surface area contributed by atoms with Crippen LogP contribution in [0.15, 0.2) is 30.4 Å². The molecule has 84 valence electrons. The lowest BCUT2D eigenvalue weighted by molar-refractivity contribution is 0.0770. The minimum atomic E-state index is 0.0989. The summed E-state index contributed by atoms with van der Waals surface area (Å²) < 4.78 is 0. The first-order chi connectivity index (χ1) is 7.68. The highest BCUT2D eigenvalue weighted by molar-refractivity contribution is 5.96. The molecule has 0 radical (unpaired) electrons. The molecule has 1 heterocycles. The fraction of sp³-hybridized carbons (Fsp3) is 0.308. The van der Waals surface area contributed by atoms with Crippen molar-refractivity contribution in [2.45, 2.75) is 13.3 Å². The lowest BCUT2D eigenvalue weighted by Crippen LogP contribution is -2.34. The molecule has 0 bridgehead atoms. The van der Waals surface area contributed by atoms with Gasteiger partial charge in [-0.15, -0.1) is 0 Å². The smallest absolute Gasteiger partial charge is 0.254 e. The standard InChI is InChI=1S/C13H16N2O/c1-10-9-11(14)5-6-12(10)13(16)15-7-3-2-4-8-15/h2-3,5-6,9H,4,7-8,14H2,1H3. The van der Waals surface area contributed by atoms with Crippen LogP contribution in [0.1, 0.15) is 22.3 Å². The third kappa shape index (κ3) is 2.08. The summed E-state index contributed by atoms with van der Waals surface area (Å²) in [5.41, 5.74) is 8.07. The van der Waals surface area contributed by atoms with Gasteiger partial charge in [0.1, 0.15) is 0 Å². The number of nitrogens with zero attached hydrogens (tertiary/aromatic N) is 1. The number of carbonyl (C=O) groups excluding carboxylic acids is 1. The van der Waals surface area contributed by atoms with Crippen LogP contribution in [0.25, 0.3) is 0 Å². The number of anilines is 1. The molecule has 16 heavy (non-hydrogen) atoms. The molecule has 1 aliphatic heterocycles. The zero-order valence-electron chi connectivity index (χ0n) is 9.44. The Kier molecular flexibility index (Phi) is 2.95. The Balaban J connectivity index is 2.23. The number of amides is 1. The zero-order chi connectivity index (χ0) is 11.5. The molecule has 1 amide bonds. The van der Waals surface area contributed by atoms with Crippen LogP contribution in [-0.4, -0.2) is 23.9 Å². The van der Waals surface area contributed by atoms with Crippen molar-refractivity contribution < 1.29 is 4.79 Å². The SMILES string of the molecule is Cc1cc(N)ccc1C(=O)N1CC=CCC1. The second-order valence-electron chi connectivity index (χ2n) is 4.09. The first kappa shape index (κ1) is 10.7. The molecule has 0 saturated carbocycles. The minimum absolute atomic E-state index is 0.0989. The Morgan fingerprint density at radius 2 is 2.19 bits per heavy atom. The lowest BCUT2D eigenvalue weighted by atomic mass is 10.1. The Morgan fingerprint density at radius 1 is 1.38 bits per heavy atom. The maximum absolute atomic E-state index is 12.2. The van der Waals surface area contributed by atoms with E-state index in [0.29, 0.717) is 12.2 Å². The number of benzene rings is 1. The van der Waals surface area contributed by atoms with E-state index in [-0.39, 0.29) is 5.91 Å². The summed E-state index contributed by atoms with van der Waals surface area (Å²) in [5.74, 6) is 0.0989. The number of nitrogen functional groups attached to an aromatic ring is 1. The first-order valence-corrected chi connectivity index (χ1v) is 5.49. The van der Waals surface area contributed by atoms with Crippen LogP contribution in [0.4, 0.5) is 5.69 Å². The Hall–Kier alpha value is -1.77. The third-order valence-electron chi connectivity index (χ3n) is 2.83. The molecule has 0 spiro atoms. The van der Waals surface area contributed by atoms with E-state index in [9.17, 15) is 4.79 Å². The fourth-order valence-corrected chi connectivity index (χ4v) is 1.92. The van der Waals surface area contributed by atoms with E-state index in [0.717, 1.165) is 24.1 Å². The van der Waals surface area contributed by atoms with Crippen LogP contribution in [0, 0.1) is 6.92 Å². The number of rotatable bonds is 1. The van der Waals surface area contributed by atoms with Crippen molar-refractivity contribution in [3.63, 3.8) is 0 Å². The molecule has 2 N–H and O–H groups in total. The lowest BCUT2D eigenvalue weighted by Gasteiger charge is -2.24. The summed E-state index contributed by atoms with van der Waals surface area (Å²) in [5, 5.41) is 0. The summed E-state index contributed by atoms with van der Waals surface area (Å²) in [6, 6.07) is 5.43. The van der Waals surface area contributed by atoms with Crippen molar-refractivity contribution >= 4 is 11.6 Å². The molecule has 0 aliphatic carbocycles. The summed E-state index contributed by atoms with van der Waals surface area (Å²) >= 11 is 0. The van der Waals surface area contributed by atoms with Gasteiger partial charge in [0, 0.05) is 24.3 Å². The molecule has 3 nitrogen and oxygen atoms in total. The number of nitrogens with two attached hydrogens (primary N) is 1. The van der Waals surface area contributed by atoms with Crippen LogP contribution in [-0.2, 0) is 0 Å². The van der Waals surface area contributed by atoms with Gasteiger partial charge in [0.2, 0.25) is 0 Å². The molecule has 1 aromatic rings. The second-order valence-corrected chi connectivity index (χ2v) is 4.09. The quantitative estimate of drug-likeness (QED) is 0.576. The molecule has 0 atom stereocenters. The van der Waals surface area contributed by atoms with Gasteiger partial charge in [0.05, 0.1) is 0 Å². The Labute approximate surface area is 95.6 Å². The van der Waals surface area contributed by atoms with E-state index in [1.54, 1.807) is 6.07 Å². The van der Waals surface area contributed by atoms with E-state index in [2.05, 4.69) is 6.08 Å². The first-order valence-electron chi connectivity index (χ1n) is 5.49. The van der Waals surface area contributed by atoms with Crippen molar-refractivity contribution in [2.75, 3.05) is 18.8 Å². The number of hydrogen-bond acceptors (Lipinski definition) is 2. The van der Waals surface area contributed by atoms with Crippen LogP contribution in [0.3, 0.4) is 0 Å². The summed E-state index contributed by atoms with van der Waals surface area (Å²) in [7, 11) is 0. The van der Waals surface area contributed by atoms with Crippen molar-refractivity contribution in [1.82, 2.24) is 4.90 Å². The van der Waals surface area contributed by atoms with Crippen molar-refractivity contribution in [3.05, 3.63) is 41.5 Å². The van der Waals surface area contributed by atoms with Gasteiger partial charge in [-0.25, -0.2) is 0 Å². The highest BCUT2D eigenvalue weighted by atomic mass is 16.2. The normalized spacial score (nSPS) is 15.2. The molecule has 0 fully saturated rings. The Morgan fingerprint density at radius 3 is 2.81 bits per heavy atom. The molecule has 1 aromatic carbocycles. The van der Waals surface area contributed by atoms with Crippen LogP contribution in [0.2, 0.25) is 0 Å². The molecule has 0 unspecified atom stereocenters. The highest BCUT2D eigenvalue weighted by Gasteiger charge is 2.17. The van der Waals surface area contributed by atoms with Gasteiger partial charge in [-0.2, -0.15) is 0 Å². The van der Waals surface area contributed by atoms with Gasteiger partial charge in [-0.05, 0) is 37.1 Å². The van der Waals surface area contributed by atoms with E-state index < -0.39 is 0 Å². The van der Waals surface area contributed by atoms with Crippen molar-refractivity contribution in [2.24, 2.45) is 0 Å². The summed E-state index contributed by atoms with van der Waals surface area (Å²) in [6.45, 7) is 3.44. The van der Waals surface area contributed by atoms with E-state index in [1.165, 1.54) is 0 Å². The monoisotopic (exact) mass is 216 g/mol. The van der Waals surface area contributed by atoms with Gasteiger partial charge >= 0.3 is 0 Å². The number of carbonyl (C=O) groups is 1. The predicted octanol–water partition coefficient (Wildman–Crippen LogP) is 1.98. The van der Waals surface area contributed by atoms with Crippen molar-refractivity contribution in [3.8, 4) is 0 Å². The molecular weight excluding hydrogens is 200 g/mol. The van der Waals surface area contributed by atoms with Gasteiger partial charge in [-0.1, -0.05) is 12.2 Å². The predicted molar refractivity (Wildman–Crippen MR) is 65.3 cm³/mol. The maximum atomic E-state index is 12.2. The van der Waals surface area contributed by atoms with E-state index in [1.807, 2.05) is 30.0 Å². The van der Waals surface area contributed by atoms with E-state index >= 15 is 0 Å². The zero-order valence-corrected chi connectivity index (χ0v) is 9.44. The topological polar surface area (TPSA) is 46.3 Å². The van der Waals surface area contributed by atoms with Crippen LogP contribution >= 0.6 is 0 Å². The molecule has 0 saturated heterocycles. The van der Waals surface area contributed by atoms with Gasteiger partial charge in [0.25, 0.3) is 5.91 Å². The molecule has 2 rings (SSSR count). The van der Waals surface area contributed by atoms with Gasteiger partial charge in [-0.3, -0.25) is 4.79 Å². The second kappa shape index (κ2) is 4.39. The fourth-order valence-electron chi connectivity index (χ4n) is 1.92. The largest absolute Gasteiger partial charge is 0.399 e. The molecule has 3 heteroatoms. The van der Waals surface area contributed by atoms with E-state index in [4.69, 9.17) is 5.73 Å². The van der Waals surface area contributed by atoms with Crippen molar-refractivity contribution in [1.29, 1.82) is 0 Å². The Bertz CT molecular complexity index is 438.